The van der Waals surface area contributed by atoms with Gasteiger partial charge < -0.3 is 9.72 Å². The Kier molecular flexibility index (Phi) is 4.40. The van der Waals surface area contributed by atoms with E-state index in [0.717, 1.165) is 55.2 Å². The number of carbonyl (C=O) groups excluding carboxylic acids is 1. The molecule has 25 heavy (non-hydrogen) atoms. The summed E-state index contributed by atoms with van der Waals surface area (Å²) in [5.41, 5.74) is 1.07. The van der Waals surface area contributed by atoms with Gasteiger partial charge in [0.05, 0.1) is 11.3 Å². The summed E-state index contributed by atoms with van der Waals surface area (Å²) in [6, 6.07) is 0. The Morgan fingerprint density at radius 3 is 2.84 bits per heavy atom. The van der Waals surface area contributed by atoms with Crippen LogP contribution < -0.4 is 5.56 Å². The summed E-state index contributed by atoms with van der Waals surface area (Å²) in [5.74, 6) is 0.960. The molecule has 6 heteroatoms. The van der Waals surface area contributed by atoms with Gasteiger partial charge in [-0.1, -0.05) is 19.8 Å². The first kappa shape index (κ1) is 16.8. The Bertz CT molecular complexity index is 863. The molecule has 4 rings (SSSR count). The third-order valence-corrected chi connectivity index (χ3v) is 6.70. The fourth-order valence-electron chi connectivity index (χ4n) is 4.05. The van der Waals surface area contributed by atoms with E-state index in [4.69, 9.17) is 4.74 Å². The molecule has 0 bridgehead atoms. The van der Waals surface area contributed by atoms with Crippen molar-refractivity contribution in [3.63, 3.8) is 0 Å². The summed E-state index contributed by atoms with van der Waals surface area (Å²) in [7, 11) is 0. The predicted octanol–water partition coefficient (Wildman–Crippen LogP) is 3.90. The molecule has 2 aromatic heterocycles. The maximum absolute atomic E-state index is 12.6. The normalized spacial score (nSPS) is 22.1. The van der Waals surface area contributed by atoms with E-state index in [1.165, 1.54) is 10.4 Å². The van der Waals surface area contributed by atoms with Crippen LogP contribution in [0.15, 0.2) is 4.79 Å². The van der Waals surface area contributed by atoms with Gasteiger partial charge in [0.1, 0.15) is 4.83 Å². The van der Waals surface area contributed by atoms with Crippen molar-refractivity contribution in [1.29, 1.82) is 0 Å². The van der Waals surface area contributed by atoms with E-state index in [2.05, 4.69) is 16.9 Å². The van der Waals surface area contributed by atoms with Gasteiger partial charge >= 0.3 is 5.97 Å². The van der Waals surface area contributed by atoms with E-state index in [9.17, 15) is 9.59 Å². The average molecular weight is 360 g/mol. The number of thiophene rings is 1. The number of hydrogen-bond acceptors (Lipinski definition) is 5. The van der Waals surface area contributed by atoms with Crippen LogP contribution in [-0.2, 0) is 22.4 Å². The van der Waals surface area contributed by atoms with Crippen molar-refractivity contribution < 1.29 is 9.53 Å². The molecular weight excluding hydrogens is 336 g/mol. The van der Waals surface area contributed by atoms with Crippen LogP contribution in [0.4, 0.5) is 0 Å². The summed E-state index contributed by atoms with van der Waals surface area (Å²) in [6.07, 6.45) is 6.57. The highest BCUT2D eigenvalue weighted by atomic mass is 32.1. The number of aryl methyl sites for hydroxylation is 1. The number of fused-ring (bicyclic) bond motifs is 3. The van der Waals surface area contributed by atoms with Crippen LogP contribution in [0.25, 0.3) is 10.2 Å². The number of carbonyl (C=O) groups is 1. The second kappa shape index (κ2) is 6.56. The zero-order valence-corrected chi connectivity index (χ0v) is 15.6. The van der Waals surface area contributed by atoms with Crippen molar-refractivity contribution in [3.05, 3.63) is 26.6 Å². The molecule has 134 valence electrons. The Hall–Kier alpha value is -1.69. The molecule has 0 amide bonds. The number of aromatic nitrogens is 2. The SMILES string of the molecule is C[C@@H]1CCc2c(sc3nc([C@H](C)OC(=O)C4CCCC4)[nH]c(=O)c23)C1. The van der Waals surface area contributed by atoms with Gasteiger partial charge in [-0.2, -0.15) is 0 Å². The second-order valence-electron chi connectivity index (χ2n) is 7.54. The van der Waals surface area contributed by atoms with Crippen LogP contribution in [0.2, 0.25) is 0 Å². The zero-order chi connectivity index (χ0) is 17.6. The van der Waals surface area contributed by atoms with E-state index < -0.39 is 6.10 Å². The largest absolute Gasteiger partial charge is 0.454 e. The van der Waals surface area contributed by atoms with Crippen molar-refractivity contribution in [1.82, 2.24) is 9.97 Å². The molecule has 0 unspecified atom stereocenters. The fourth-order valence-corrected chi connectivity index (χ4v) is 5.44. The number of H-pyrrole nitrogens is 1. The van der Waals surface area contributed by atoms with E-state index in [-0.39, 0.29) is 17.4 Å². The Morgan fingerprint density at radius 2 is 2.08 bits per heavy atom. The molecule has 0 radical (unpaired) electrons. The highest BCUT2D eigenvalue weighted by Crippen LogP contribution is 2.36. The molecule has 2 heterocycles. The third kappa shape index (κ3) is 3.12. The van der Waals surface area contributed by atoms with Crippen LogP contribution in [0, 0.1) is 11.8 Å². The number of rotatable bonds is 3. The predicted molar refractivity (Wildman–Crippen MR) is 97.9 cm³/mol. The molecule has 2 aromatic rings. The first-order valence-corrected chi connectivity index (χ1v) is 10.1. The molecule has 0 saturated heterocycles. The van der Waals surface area contributed by atoms with Crippen LogP contribution in [0.1, 0.15) is 68.3 Å². The van der Waals surface area contributed by atoms with Gasteiger partial charge in [0.25, 0.3) is 5.56 Å². The highest BCUT2D eigenvalue weighted by Gasteiger charge is 2.28. The lowest BCUT2D eigenvalue weighted by Gasteiger charge is -2.17. The maximum Gasteiger partial charge on any atom is 0.309 e. The fraction of sp³-hybridized carbons (Fsp3) is 0.632. The summed E-state index contributed by atoms with van der Waals surface area (Å²) >= 11 is 1.62. The van der Waals surface area contributed by atoms with Gasteiger partial charge in [-0.25, -0.2) is 4.98 Å². The number of hydrogen-bond donors (Lipinski definition) is 1. The van der Waals surface area contributed by atoms with Crippen LogP contribution >= 0.6 is 11.3 Å². The minimum atomic E-state index is -0.525. The van der Waals surface area contributed by atoms with Crippen molar-refractivity contribution in [2.45, 2.75) is 64.9 Å². The minimum Gasteiger partial charge on any atom is -0.454 e. The Morgan fingerprint density at radius 1 is 1.32 bits per heavy atom. The smallest absolute Gasteiger partial charge is 0.309 e. The lowest BCUT2D eigenvalue weighted by atomic mass is 9.89. The lowest BCUT2D eigenvalue weighted by Crippen LogP contribution is -2.21. The Balaban J connectivity index is 1.62. The first-order chi connectivity index (χ1) is 12.0. The van der Waals surface area contributed by atoms with E-state index in [0.29, 0.717) is 11.7 Å². The molecule has 2 aliphatic carbocycles. The van der Waals surface area contributed by atoms with Crippen molar-refractivity contribution in [3.8, 4) is 0 Å². The van der Waals surface area contributed by atoms with Gasteiger partial charge in [0.15, 0.2) is 11.9 Å². The number of aromatic amines is 1. The molecule has 0 aliphatic heterocycles. The average Bonchev–Trinajstić information content (AvgIpc) is 3.21. The molecule has 0 aromatic carbocycles. The van der Waals surface area contributed by atoms with Crippen LogP contribution in [-0.4, -0.2) is 15.9 Å². The van der Waals surface area contributed by atoms with Gasteiger partial charge in [0, 0.05) is 4.88 Å². The van der Waals surface area contributed by atoms with E-state index in [1.807, 2.05) is 0 Å². The Labute approximate surface area is 150 Å². The third-order valence-electron chi connectivity index (χ3n) is 5.55. The van der Waals surface area contributed by atoms with Crippen molar-refractivity contribution in [2.75, 3.05) is 0 Å². The maximum atomic E-state index is 12.6. The summed E-state index contributed by atoms with van der Waals surface area (Å²) in [4.78, 5) is 34.4. The summed E-state index contributed by atoms with van der Waals surface area (Å²) in [5, 5.41) is 0.741. The summed E-state index contributed by atoms with van der Waals surface area (Å²) < 4.78 is 5.58. The van der Waals surface area contributed by atoms with Crippen LogP contribution in [0.3, 0.4) is 0 Å². The molecule has 1 fully saturated rings. The van der Waals surface area contributed by atoms with E-state index >= 15 is 0 Å². The number of nitrogens with zero attached hydrogens (tertiary/aromatic N) is 1. The highest BCUT2D eigenvalue weighted by molar-refractivity contribution is 7.18. The number of ether oxygens (including phenoxy) is 1. The zero-order valence-electron chi connectivity index (χ0n) is 14.8. The van der Waals surface area contributed by atoms with E-state index in [1.54, 1.807) is 18.3 Å². The first-order valence-electron chi connectivity index (χ1n) is 9.28. The summed E-state index contributed by atoms with van der Waals surface area (Å²) in [6.45, 7) is 4.04. The lowest BCUT2D eigenvalue weighted by molar-refractivity contribution is -0.153. The van der Waals surface area contributed by atoms with Crippen LogP contribution in [0.5, 0.6) is 0 Å². The van der Waals surface area contributed by atoms with Crippen molar-refractivity contribution in [2.24, 2.45) is 11.8 Å². The second-order valence-corrected chi connectivity index (χ2v) is 8.63. The number of esters is 1. The molecule has 5 nitrogen and oxygen atoms in total. The molecule has 1 saturated carbocycles. The van der Waals surface area contributed by atoms with Gasteiger partial charge in [-0.15, -0.1) is 11.3 Å². The van der Waals surface area contributed by atoms with Gasteiger partial charge in [-0.05, 0) is 50.5 Å². The molecule has 2 aliphatic rings. The topological polar surface area (TPSA) is 72.0 Å². The molecule has 0 spiro atoms. The van der Waals surface area contributed by atoms with Gasteiger partial charge in [-0.3, -0.25) is 9.59 Å². The monoisotopic (exact) mass is 360 g/mol. The molecule has 2 atom stereocenters. The molecular formula is C19H24N2O3S. The van der Waals surface area contributed by atoms with Gasteiger partial charge in [0.2, 0.25) is 0 Å². The van der Waals surface area contributed by atoms with Crippen molar-refractivity contribution >= 4 is 27.5 Å². The molecule has 1 N–H and O–H groups in total. The number of nitrogens with one attached hydrogen (secondary N) is 1. The minimum absolute atomic E-state index is 0.00782. The standard InChI is InChI=1S/C19H24N2O3S/c1-10-7-8-13-14(9-10)25-18-15(13)17(22)20-16(21-18)11(2)24-19(23)12-5-3-4-6-12/h10-12H,3-9H2,1-2H3,(H,20,21,22)/t10-,11+/m1/s1. The quantitative estimate of drug-likeness (QED) is 0.843.